The maximum Gasteiger partial charge on any atom is 0.319 e. The standard InChI is InChI=1S/C45H56F4N4O4Si/c1-27(2)58(28(3)4,29(5)6)18-13-33-36(47)12-11-30-19-32(57-26-55-8)20-34(38(30)33)39-37(48)21-35-41(40(39)49)50-43(51-42(35)52-16-9-14-44(7,54)24-52)56-25-45-15-10-17-53(45)23-31(46)22-45/h11-12,19-21,27-29,31,54H,9-10,14-17,22-26H2,1-8H3/t31-,44-,45+/m1/s1. The molecule has 13 heteroatoms. The zero-order valence-corrected chi connectivity index (χ0v) is 35.9. The summed E-state index contributed by atoms with van der Waals surface area (Å²) in [6.07, 6.45) is 2.17. The van der Waals surface area contributed by atoms with E-state index in [1.54, 1.807) is 24.0 Å². The molecule has 3 saturated heterocycles. The van der Waals surface area contributed by atoms with Gasteiger partial charge >= 0.3 is 6.01 Å². The van der Waals surface area contributed by atoms with Gasteiger partial charge in [-0.2, -0.15) is 9.97 Å². The third-order valence-electron chi connectivity index (χ3n) is 13.0. The van der Waals surface area contributed by atoms with Crippen LogP contribution in [0.15, 0.2) is 30.3 Å². The second-order valence-corrected chi connectivity index (χ2v) is 23.4. The van der Waals surface area contributed by atoms with E-state index in [4.69, 9.17) is 19.2 Å². The Hall–Kier alpha value is -3.96. The van der Waals surface area contributed by atoms with Crippen LogP contribution in [0.25, 0.3) is 32.8 Å². The van der Waals surface area contributed by atoms with Crippen molar-refractivity contribution >= 4 is 35.6 Å². The van der Waals surface area contributed by atoms with E-state index in [1.807, 2.05) is 0 Å². The average Bonchev–Trinajstić information content (AvgIpc) is 3.68. The zero-order valence-electron chi connectivity index (χ0n) is 34.9. The summed E-state index contributed by atoms with van der Waals surface area (Å²) in [5.74, 6) is 1.20. The molecule has 1 N–H and O–H groups in total. The monoisotopic (exact) mass is 820 g/mol. The molecule has 0 aliphatic carbocycles. The molecule has 8 nitrogen and oxygen atoms in total. The first kappa shape index (κ1) is 42.2. The van der Waals surface area contributed by atoms with Gasteiger partial charge in [0.1, 0.15) is 49.6 Å². The number of fused-ring (bicyclic) bond motifs is 3. The number of aromatic nitrogens is 2. The molecule has 0 saturated carbocycles. The average molecular weight is 821 g/mol. The predicted octanol–water partition coefficient (Wildman–Crippen LogP) is 9.73. The van der Waals surface area contributed by atoms with Crippen molar-refractivity contribution in [2.24, 2.45) is 0 Å². The highest BCUT2D eigenvalue weighted by Crippen LogP contribution is 2.45. The molecule has 58 heavy (non-hydrogen) atoms. The van der Waals surface area contributed by atoms with Crippen LogP contribution in [-0.2, 0) is 4.74 Å². The lowest BCUT2D eigenvalue weighted by molar-refractivity contribution is 0.0447. The zero-order chi connectivity index (χ0) is 41.7. The van der Waals surface area contributed by atoms with Crippen LogP contribution in [0.3, 0.4) is 0 Å². The topological polar surface area (TPSA) is 80.2 Å². The Morgan fingerprint density at radius 3 is 2.36 bits per heavy atom. The molecule has 1 aromatic heterocycles. The Morgan fingerprint density at radius 2 is 1.67 bits per heavy atom. The molecule has 3 fully saturated rings. The number of halogens is 4. The SMILES string of the molecule is COCOc1cc(-c2c(F)cc3c(N4CCC[C@@](C)(O)C4)nc(OC[C@@]45CCCN4C[C@H](F)C5)nc3c2F)c2c(C#C[Si](C(C)C)(C(C)C)C(C)C)c(F)ccc2c1. The van der Waals surface area contributed by atoms with Crippen molar-refractivity contribution < 1.29 is 36.9 Å². The number of alkyl halides is 1. The van der Waals surface area contributed by atoms with Crippen LogP contribution >= 0.6 is 0 Å². The minimum Gasteiger partial charge on any atom is -0.468 e. The summed E-state index contributed by atoms with van der Waals surface area (Å²) >= 11 is 0. The summed E-state index contributed by atoms with van der Waals surface area (Å²) < 4.78 is 82.8. The van der Waals surface area contributed by atoms with E-state index in [0.717, 1.165) is 19.4 Å². The molecule has 4 heterocycles. The van der Waals surface area contributed by atoms with Crippen LogP contribution in [0, 0.1) is 28.9 Å². The molecule has 0 radical (unpaired) electrons. The van der Waals surface area contributed by atoms with E-state index >= 15 is 13.2 Å². The molecule has 3 aliphatic heterocycles. The first-order chi connectivity index (χ1) is 27.5. The van der Waals surface area contributed by atoms with Gasteiger partial charge in [0.25, 0.3) is 0 Å². The second kappa shape index (κ2) is 16.2. The summed E-state index contributed by atoms with van der Waals surface area (Å²) in [5.41, 5.74) is 2.25. The summed E-state index contributed by atoms with van der Waals surface area (Å²) in [5, 5.41) is 11.9. The normalized spacial score (nSPS) is 22.7. The van der Waals surface area contributed by atoms with Crippen LogP contribution in [0.4, 0.5) is 23.4 Å². The van der Waals surface area contributed by atoms with Crippen molar-refractivity contribution in [3.05, 3.63) is 53.3 Å². The van der Waals surface area contributed by atoms with Crippen LogP contribution in [0.1, 0.15) is 86.1 Å². The Bertz CT molecular complexity index is 2240. The third kappa shape index (κ3) is 7.66. The molecule has 7 rings (SSSR count). The molecular formula is C45H56F4N4O4Si. The van der Waals surface area contributed by atoms with E-state index in [9.17, 15) is 9.50 Å². The fourth-order valence-corrected chi connectivity index (χ4v) is 15.5. The largest absolute Gasteiger partial charge is 0.468 e. The summed E-state index contributed by atoms with van der Waals surface area (Å²) in [6, 6.07) is 7.11. The number of methoxy groups -OCH3 is 1. The molecule has 3 aromatic carbocycles. The first-order valence-corrected chi connectivity index (χ1v) is 22.8. The lowest BCUT2D eigenvalue weighted by Crippen LogP contribution is -2.46. The molecule has 0 bridgehead atoms. The van der Waals surface area contributed by atoms with Crippen LogP contribution < -0.4 is 14.4 Å². The quantitative estimate of drug-likeness (QED) is 0.0694. The van der Waals surface area contributed by atoms with Crippen LogP contribution in [-0.4, -0.2) is 92.0 Å². The van der Waals surface area contributed by atoms with E-state index in [-0.39, 0.29) is 81.6 Å². The van der Waals surface area contributed by atoms with Crippen molar-refractivity contribution in [2.75, 3.05) is 51.6 Å². The number of benzene rings is 3. The van der Waals surface area contributed by atoms with Crippen molar-refractivity contribution in [1.29, 1.82) is 0 Å². The molecule has 0 amide bonds. The van der Waals surface area contributed by atoms with Crippen molar-refractivity contribution in [3.8, 4) is 34.4 Å². The van der Waals surface area contributed by atoms with Gasteiger partial charge in [0.15, 0.2) is 12.6 Å². The fraction of sp³-hybridized carbons (Fsp3) is 0.556. The molecule has 312 valence electrons. The molecular weight excluding hydrogens is 765 g/mol. The van der Waals surface area contributed by atoms with Gasteiger partial charge in [-0.25, -0.2) is 17.6 Å². The van der Waals surface area contributed by atoms with Crippen molar-refractivity contribution in [1.82, 2.24) is 14.9 Å². The van der Waals surface area contributed by atoms with Gasteiger partial charge in [0.05, 0.1) is 22.3 Å². The minimum absolute atomic E-state index is 0.0409. The van der Waals surface area contributed by atoms with Gasteiger partial charge in [-0.05, 0) is 85.4 Å². The summed E-state index contributed by atoms with van der Waals surface area (Å²) in [6.45, 7) is 16.4. The highest BCUT2D eigenvalue weighted by molar-refractivity contribution is 6.90. The number of aliphatic hydroxyl groups is 1. The number of hydrogen-bond acceptors (Lipinski definition) is 8. The summed E-state index contributed by atoms with van der Waals surface area (Å²) in [7, 11) is -0.903. The Labute approximate surface area is 340 Å². The van der Waals surface area contributed by atoms with Crippen LogP contribution in [0.5, 0.6) is 11.8 Å². The van der Waals surface area contributed by atoms with Crippen molar-refractivity contribution in [3.63, 3.8) is 0 Å². The second-order valence-electron chi connectivity index (χ2n) is 17.8. The number of hydrogen-bond donors (Lipinski definition) is 1. The number of piperidine rings is 1. The Kier molecular flexibility index (Phi) is 11.8. The van der Waals surface area contributed by atoms with Gasteiger partial charge in [0.2, 0.25) is 0 Å². The van der Waals surface area contributed by atoms with E-state index < -0.39 is 48.4 Å². The van der Waals surface area contributed by atoms with Crippen LogP contribution in [0.2, 0.25) is 16.6 Å². The van der Waals surface area contributed by atoms with Gasteiger partial charge in [0, 0.05) is 49.5 Å². The van der Waals surface area contributed by atoms with E-state index in [0.29, 0.717) is 37.7 Å². The number of β-amino-alcohol motifs (C(OH)–C–C–N with tert-alkyl or cyclic N) is 1. The van der Waals surface area contributed by atoms with E-state index in [1.165, 1.54) is 25.3 Å². The predicted molar refractivity (Wildman–Crippen MR) is 223 cm³/mol. The first-order valence-electron chi connectivity index (χ1n) is 20.6. The van der Waals surface area contributed by atoms with Crippen molar-refractivity contribution in [2.45, 2.75) is 115 Å². The van der Waals surface area contributed by atoms with Gasteiger partial charge < -0.3 is 24.2 Å². The molecule has 3 aliphatic rings. The van der Waals surface area contributed by atoms with Gasteiger partial charge in [-0.1, -0.05) is 53.5 Å². The minimum atomic E-state index is -2.37. The lowest BCUT2D eigenvalue weighted by atomic mass is 9.92. The number of nitrogens with zero attached hydrogens (tertiary/aromatic N) is 4. The molecule has 4 aromatic rings. The molecule has 0 unspecified atom stereocenters. The van der Waals surface area contributed by atoms with E-state index in [2.05, 4.69) is 62.9 Å². The summed E-state index contributed by atoms with van der Waals surface area (Å²) in [4.78, 5) is 13.2. The van der Waals surface area contributed by atoms with Gasteiger partial charge in [-0.3, -0.25) is 4.90 Å². The lowest BCUT2D eigenvalue weighted by Gasteiger charge is -2.38. The maximum absolute atomic E-state index is 17.6. The highest BCUT2D eigenvalue weighted by Gasteiger charge is 2.49. The molecule has 0 spiro atoms. The fourth-order valence-electron chi connectivity index (χ4n) is 10.3. The number of anilines is 1. The third-order valence-corrected chi connectivity index (χ3v) is 19.3. The maximum atomic E-state index is 17.6. The van der Waals surface area contributed by atoms with Gasteiger partial charge in [-0.15, -0.1) is 5.54 Å². The Morgan fingerprint density at radius 1 is 0.948 bits per heavy atom. The smallest absolute Gasteiger partial charge is 0.319 e. The molecule has 3 atom stereocenters. The Balaban J connectivity index is 1.46. The number of ether oxygens (including phenoxy) is 3. The highest BCUT2D eigenvalue weighted by atomic mass is 28.3. The number of rotatable bonds is 11.